The lowest BCUT2D eigenvalue weighted by molar-refractivity contribution is -0.0204. The second kappa shape index (κ2) is 5.30. The Morgan fingerprint density at radius 2 is 2.38 bits per heavy atom. The van der Waals surface area contributed by atoms with Crippen molar-refractivity contribution in [2.45, 2.75) is 25.2 Å². The molecule has 0 saturated carbocycles. The lowest BCUT2D eigenvalue weighted by atomic mass is 10.2. The van der Waals surface area contributed by atoms with Gasteiger partial charge in [0.2, 0.25) is 0 Å². The van der Waals surface area contributed by atoms with Crippen molar-refractivity contribution in [3.8, 4) is 0 Å². The lowest BCUT2D eigenvalue weighted by Crippen LogP contribution is -2.14. The van der Waals surface area contributed by atoms with E-state index in [1.807, 2.05) is 4.57 Å². The van der Waals surface area contributed by atoms with E-state index in [2.05, 4.69) is 15.3 Å². The molecular formula is C13H18N6O2. The number of nitrogens with zero attached hydrogens (tertiary/aromatic N) is 3. The summed E-state index contributed by atoms with van der Waals surface area (Å²) in [5, 5.41) is 20.6. The molecule has 0 aromatic carbocycles. The quantitative estimate of drug-likeness (QED) is 0.478. The van der Waals surface area contributed by atoms with Gasteiger partial charge in [-0.3, -0.25) is 5.41 Å². The molecule has 0 radical (unpaired) electrons. The van der Waals surface area contributed by atoms with Gasteiger partial charge in [-0.05, 0) is 12.8 Å². The Morgan fingerprint density at radius 1 is 1.57 bits per heavy atom. The molecule has 112 valence electrons. The SMILES string of the molecule is CNc1ncnc2c1c(C(=N)N)cn2C1CCC(CO)O1. The zero-order chi connectivity index (χ0) is 15.0. The van der Waals surface area contributed by atoms with E-state index < -0.39 is 0 Å². The zero-order valence-electron chi connectivity index (χ0n) is 11.7. The van der Waals surface area contributed by atoms with Crippen LogP contribution >= 0.6 is 0 Å². The smallest absolute Gasteiger partial charge is 0.148 e. The van der Waals surface area contributed by atoms with Crippen LogP contribution in [-0.2, 0) is 4.74 Å². The molecule has 3 heterocycles. The number of nitrogens with one attached hydrogen (secondary N) is 2. The second-order valence-electron chi connectivity index (χ2n) is 5.01. The monoisotopic (exact) mass is 290 g/mol. The first kappa shape index (κ1) is 13.8. The largest absolute Gasteiger partial charge is 0.394 e. The number of aliphatic hydroxyl groups excluding tert-OH is 1. The fourth-order valence-corrected chi connectivity index (χ4v) is 2.72. The number of hydrogen-bond acceptors (Lipinski definition) is 6. The first-order valence-corrected chi connectivity index (χ1v) is 6.79. The van der Waals surface area contributed by atoms with Gasteiger partial charge in [0.1, 0.15) is 29.9 Å². The highest BCUT2D eigenvalue weighted by Crippen LogP contribution is 2.34. The van der Waals surface area contributed by atoms with Gasteiger partial charge in [-0.1, -0.05) is 0 Å². The van der Waals surface area contributed by atoms with Crippen molar-refractivity contribution in [3.05, 3.63) is 18.1 Å². The van der Waals surface area contributed by atoms with E-state index in [-0.39, 0.29) is 24.8 Å². The molecule has 1 aliphatic heterocycles. The molecule has 2 aromatic rings. The number of fused-ring (bicyclic) bond motifs is 1. The molecule has 5 N–H and O–H groups in total. The first-order chi connectivity index (χ1) is 10.2. The maximum Gasteiger partial charge on any atom is 0.148 e. The Hall–Kier alpha value is -2.19. The highest BCUT2D eigenvalue weighted by Gasteiger charge is 2.29. The maximum atomic E-state index is 9.20. The summed E-state index contributed by atoms with van der Waals surface area (Å²) in [6, 6.07) is 0. The van der Waals surface area contributed by atoms with Crippen molar-refractivity contribution in [1.29, 1.82) is 5.41 Å². The minimum Gasteiger partial charge on any atom is -0.394 e. The number of nitrogen functional groups attached to an aromatic ring is 1. The van der Waals surface area contributed by atoms with Gasteiger partial charge in [-0.2, -0.15) is 0 Å². The molecule has 0 spiro atoms. The van der Waals surface area contributed by atoms with Gasteiger partial charge in [0, 0.05) is 18.8 Å². The highest BCUT2D eigenvalue weighted by molar-refractivity contribution is 6.10. The number of rotatable bonds is 4. The predicted molar refractivity (Wildman–Crippen MR) is 78.3 cm³/mol. The number of aliphatic hydroxyl groups is 1. The fourth-order valence-electron chi connectivity index (χ4n) is 2.72. The van der Waals surface area contributed by atoms with Crippen LogP contribution in [0.2, 0.25) is 0 Å². The van der Waals surface area contributed by atoms with Crippen LogP contribution in [-0.4, -0.2) is 45.2 Å². The van der Waals surface area contributed by atoms with Crippen LogP contribution in [0.1, 0.15) is 24.6 Å². The van der Waals surface area contributed by atoms with Crippen molar-refractivity contribution in [1.82, 2.24) is 14.5 Å². The van der Waals surface area contributed by atoms with E-state index >= 15 is 0 Å². The van der Waals surface area contributed by atoms with Crippen molar-refractivity contribution >= 4 is 22.7 Å². The number of aromatic nitrogens is 3. The summed E-state index contributed by atoms with van der Waals surface area (Å²) >= 11 is 0. The number of nitrogens with two attached hydrogens (primary N) is 1. The van der Waals surface area contributed by atoms with E-state index in [1.54, 1.807) is 13.2 Å². The van der Waals surface area contributed by atoms with Crippen LogP contribution in [0.25, 0.3) is 11.0 Å². The number of anilines is 1. The van der Waals surface area contributed by atoms with E-state index in [1.165, 1.54) is 6.33 Å². The van der Waals surface area contributed by atoms with Crippen molar-refractivity contribution < 1.29 is 9.84 Å². The summed E-state index contributed by atoms with van der Waals surface area (Å²) in [6.07, 6.45) is 4.45. The fraction of sp³-hybridized carbons (Fsp3) is 0.462. The number of ether oxygens (including phenoxy) is 1. The van der Waals surface area contributed by atoms with E-state index in [0.717, 1.165) is 12.8 Å². The molecule has 8 nitrogen and oxygen atoms in total. The summed E-state index contributed by atoms with van der Waals surface area (Å²) in [6.45, 7) is 0.00597. The Bertz CT molecular complexity index is 683. The zero-order valence-corrected chi connectivity index (χ0v) is 11.7. The Morgan fingerprint density at radius 3 is 3.00 bits per heavy atom. The second-order valence-corrected chi connectivity index (χ2v) is 5.01. The average molecular weight is 290 g/mol. The van der Waals surface area contributed by atoms with Crippen molar-refractivity contribution in [2.75, 3.05) is 19.0 Å². The van der Waals surface area contributed by atoms with Gasteiger partial charge in [0.25, 0.3) is 0 Å². The Kier molecular flexibility index (Phi) is 3.48. The van der Waals surface area contributed by atoms with Gasteiger partial charge in [-0.15, -0.1) is 0 Å². The third kappa shape index (κ3) is 2.22. The molecule has 0 amide bonds. The van der Waals surface area contributed by atoms with Gasteiger partial charge in [0.05, 0.1) is 18.1 Å². The Labute approximate surface area is 121 Å². The topological polar surface area (TPSA) is 122 Å². The van der Waals surface area contributed by atoms with E-state index in [0.29, 0.717) is 22.4 Å². The molecule has 1 aliphatic rings. The summed E-state index contributed by atoms with van der Waals surface area (Å²) in [4.78, 5) is 8.48. The lowest BCUT2D eigenvalue weighted by Gasteiger charge is -2.14. The first-order valence-electron chi connectivity index (χ1n) is 6.79. The van der Waals surface area contributed by atoms with Gasteiger partial charge < -0.3 is 25.5 Å². The highest BCUT2D eigenvalue weighted by atomic mass is 16.5. The molecule has 1 saturated heterocycles. The molecule has 21 heavy (non-hydrogen) atoms. The van der Waals surface area contributed by atoms with Crippen LogP contribution in [0.15, 0.2) is 12.5 Å². The summed E-state index contributed by atoms with van der Waals surface area (Å²) in [5.41, 5.74) is 6.92. The molecule has 0 aliphatic carbocycles. The molecule has 2 aromatic heterocycles. The van der Waals surface area contributed by atoms with Crippen LogP contribution in [0.4, 0.5) is 5.82 Å². The minimum atomic E-state index is -0.211. The summed E-state index contributed by atoms with van der Waals surface area (Å²) < 4.78 is 7.66. The number of hydrogen-bond donors (Lipinski definition) is 4. The standard InChI is InChI=1S/C13H18N6O2/c1-16-12-10-8(11(14)15)4-19(13(10)18-6-17-12)9-3-2-7(5-20)21-9/h4,6-7,9,20H,2-3,5H2,1H3,(H3,14,15)(H,16,17,18). The molecule has 8 heteroatoms. The van der Waals surface area contributed by atoms with Crippen LogP contribution in [0.3, 0.4) is 0 Å². The van der Waals surface area contributed by atoms with Gasteiger partial charge in [0.15, 0.2) is 0 Å². The van der Waals surface area contributed by atoms with Crippen molar-refractivity contribution in [2.24, 2.45) is 5.73 Å². The molecule has 3 rings (SSSR count). The normalized spacial score (nSPS) is 21.8. The van der Waals surface area contributed by atoms with Crippen LogP contribution < -0.4 is 11.1 Å². The van der Waals surface area contributed by atoms with Gasteiger partial charge in [-0.25, -0.2) is 9.97 Å². The molecule has 0 bridgehead atoms. The number of amidine groups is 1. The third-order valence-electron chi connectivity index (χ3n) is 3.74. The molecule has 1 fully saturated rings. The average Bonchev–Trinajstić information content (AvgIpc) is 3.10. The maximum absolute atomic E-state index is 9.20. The van der Waals surface area contributed by atoms with Crippen LogP contribution in [0.5, 0.6) is 0 Å². The Balaban J connectivity index is 2.14. The van der Waals surface area contributed by atoms with Gasteiger partial charge >= 0.3 is 0 Å². The van der Waals surface area contributed by atoms with E-state index in [4.69, 9.17) is 15.9 Å². The molecular weight excluding hydrogens is 272 g/mol. The summed E-state index contributed by atoms with van der Waals surface area (Å²) in [5.74, 6) is 0.586. The molecule has 2 atom stereocenters. The minimum absolute atomic E-state index is 0.00597. The summed E-state index contributed by atoms with van der Waals surface area (Å²) in [7, 11) is 1.76. The van der Waals surface area contributed by atoms with E-state index in [9.17, 15) is 5.11 Å². The van der Waals surface area contributed by atoms with Crippen molar-refractivity contribution in [3.63, 3.8) is 0 Å². The predicted octanol–water partition coefficient (Wildman–Crippen LogP) is 0.427. The van der Waals surface area contributed by atoms with Crippen LogP contribution in [0, 0.1) is 5.41 Å². The molecule has 2 unspecified atom stereocenters. The third-order valence-corrected chi connectivity index (χ3v) is 3.74.